The highest BCUT2D eigenvalue weighted by Crippen LogP contribution is 2.25. The molecule has 6 heteroatoms. The molecule has 0 radical (unpaired) electrons. The summed E-state index contributed by atoms with van der Waals surface area (Å²) >= 11 is 1.66. The maximum absolute atomic E-state index is 12.8. The molecule has 27 heavy (non-hydrogen) atoms. The van der Waals surface area contributed by atoms with Crippen LogP contribution < -0.4 is 10.1 Å². The normalized spacial score (nSPS) is 14.7. The van der Waals surface area contributed by atoms with Gasteiger partial charge in [0.05, 0.1) is 16.8 Å². The van der Waals surface area contributed by atoms with Crippen molar-refractivity contribution in [1.29, 1.82) is 0 Å². The van der Waals surface area contributed by atoms with Gasteiger partial charge in [0, 0.05) is 13.1 Å². The lowest BCUT2D eigenvalue weighted by Crippen LogP contribution is -2.34. The van der Waals surface area contributed by atoms with E-state index >= 15 is 0 Å². The van der Waals surface area contributed by atoms with Gasteiger partial charge in [0.2, 0.25) is 0 Å². The van der Waals surface area contributed by atoms with Crippen LogP contribution in [0.2, 0.25) is 0 Å². The second-order valence-corrected chi connectivity index (χ2v) is 7.77. The van der Waals surface area contributed by atoms with Crippen molar-refractivity contribution in [2.24, 2.45) is 0 Å². The standard InChI is InChI=1S/C21H25N3O2S/c25-21(22-9-12-23-10-4-5-11-23)19-16-20-18(8-15-27-20)24(19)13-14-26-17-6-2-1-3-7-17/h1-3,6-8,15-16H,4-5,9-14H2,(H,22,25). The summed E-state index contributed by atoms with van der Waals surface area (Å²) in [5.41, 5.74) is 1.82. The molecule has 0 unspecified atom stereocenters. The van der Waals surface area contributed by atoms with E-state index in [2.05, 4.69) is 26.2 Å². The predicted octanol–water partition coefficient (Wildman–Crippen LogP) is 3.61. The first-order valence-corrected chi connectivity index (χ1v) is 10.4. The number of rotatable bonds is 8. The lowest BCUT2D eigenvalue weighted by molar-refractivity contribution is 0.0940. The van der Waals surface area contributed by atoms with Crippen LogP contribution in [0.1, 0.15) is 23.3 Å². The van der Waals surface area contributed by atoms with E-state index in [1.807, 2.05) is 36.4 Å². The van der Waals surface area contributed by atoms with Crippen molar-refractivity contribution in [2.45, 2.75) is 19.4 Å². The quantitative estimate of drug-likeness (QED) is 0.646. The Kier molecular flexibility index (Phi) is 5.75. The lowest BCUT2D eigenvalue weighted by atomic mass is 10.3. The Morgan fingerprint density at radius 2 is 1.93 bits per heavy atom. The molecule has 0 bridgehead atoms. The fraction of sp³-hybridized carbons (Fsp3) is 0.381. The Labute approximate surface area is 163 Å². The molecule has 4 rings (SSSR count). The van der Waals surface area contributed by atoms with Gasteiger partial charge >= 0.3 is 0 Å². The van der Waals surface area contributed by atoms with Crippen LogP contribution >= 0.6 is 11.3 Å². The molecule has 0 atom stereocenters. The third-order valence-corrected chi connectivity index (χ3v) is 5.85. The van der Waals surface area contributed by atoms with Crippen molar-refractivity contribution in [3.05, 3.63) is 53.5 Å². The second-order valence-electron chi connectivity index (χ2n) is 6.82. The number of hydrogen-bond acceptors (Lipinski definition) is 4. The summed E-state index contributed by atoms with van der Waals surface area (Å²) in [6, 6.07) is 13.8. The number of amides is 1. The fourth-order valence-electron chi connectivity index (χ4n) is 3.60. The van der Waals surface area contributed by atoms with Crippen molar-refractivity contribution < 1.29 is 9.53 Å². The molecule has 5 nitrogen and oxygen atoms in total. The number of thiophene rings is 1. The van der Waals surface area contributed by atoms with Gasteiger partial charge < -0.3 is 19.5 Å². The number of hydrogen-bond donors (Lipinski definition) is 1. The highest BCUT2D eigenvalue weighted by molar-refractivity contribution is 7.17. The average Bonchev–Trinajstić information content (AvgIpc) is 3.41. The molecular formula is C21H25N3O2S. The van der Waals surface area contributed by atoms with E-state index < -0.39 is 0 Å². The van der Waals surface area contributed by atoms with Crippen LogP contribution in [0.3, 0.4) is 0 Å². The molecule has 0 spiro atoms. The van der Waals surface area contributed by atoms with Crippen LogP contribution in [-0.2, 0) is 6.54 Å². The molecule has 1 amide bonds. The summed E-state index contributed by atoms with van der Waals surface area (Å²) in [5.74, 6) is 0.847. The van der Waals surface area contributed by atoms with E-state index in [4.69, 9.17) is 4.74 Å². The predicted molar refractivity (Wildman–Crippen MR) is 110 cm³/mol. The van der Waals surface area contributed by atoms with Crippen molar-refractivity contribution in [2.75, 3.05) is 32.8 Å². The summed E-state index contributed by atoms with van der Waals surface area (Å²) in [4.78, 5) is 15.2. The molecule has 3 aromatic rings. The Bertz CT molecular complexity index is 881. The summed E-state index contributed by atoms with van der Waals surface area (Å²) in [7, 11) is 0. The Morgan fingerprint density at radius 1 is 1.11 bits per heavy atom. The summed E-state index contributed by atoms with van der Waals surface area (Å²) < 4.78 is 9.04. The van der Waals surface area contributed by atoms with Crippen LogP contribution in [-0.4, -0.2) is 48.2 Å². The van der Waals surface area contributed by atoms with Gasteiger partial charge in [-0.25, -0.2) is 0 Å². The molecule has 1 fully saturated rings. The van der Waals surface area contributed by atoms with E-state index in [1.54, 1.807) is 11.3 Å². The number of nitrogens with zero attached hydrogens (tertiary/aromatic N) is 2. The first-order valence-electron chi connectivity index (χ1n) is 9.56. The van der Waals surface area contributed by atoms with Crippen molar-refractivity contribution >= 4 is 27.5 Å². The maximum atomic E-state index is 12.8. The molecule has 0 saturated carbocycles. The zero-order valence-corrected chi connectivity index (χ0v) is 16.2. The highest BCUT2D eigenvalue weighted by Gasteiger charge is 2.17. The summed E-state index contributed by atoms with van der Waals surface area (Å²) in [5, 5.41) is 5.15. The van der Waals surface area contributed by atoms with Crippen LogP contribution in [0.15, 0.2) is 47.8 Å². The number of likely N-dealkylation sites (tertiary alicyclic amines) is 1. The second kappa shape index (κ2) is 8.59. The van der Waals surface area contributed by atoms with Gasteiger partial charge in [-0.3, -0.25) is 4.79 Å². The number of nitrogens with one attached hydrogen (secondary N) is 1. The lowest BCUT2D eigenvalue weighted by Gasteiger charge is -2.15. The van der Waals surface area contributed by atoms with Crippen molar-refractivity contribution in [3.63, 3.8) is 0 Å². The minimum atomic E-state index is -0.00249. The zero-order chi connectivity index (χ0) is 18.5. The number of carbonyl (C=O) groups is 1. The molecular weight excluding hydrogens is 358 g/mol. The van der Waals surface area contributed by atoms with E-state index in [9.17, 15) is 4.79 Å². The third-order valence-electron chi connectivity index (χ3n) is 4.99. The van der Waals surface area contributed by atoms with Gasteiger partial charge in [0.15, 0.2) is 0 Å². The molecule has 1 aromatic carbocycles. The van der Waals surface area contributed by atoms with Gasteiger partial charge in [-0.2, -0.15) is 0 Å². The third kappa shape index (κ3) is 4.34. The first-order chi connectivity index (χ1) is 13.3. The highest BCUT2D eigenvalue weighted by atomic mass is 32.1. The van der Waals surface area contributed by atoms with Crippen LogP contribution in [0.5, 0.6) is 5.75 Å². The van der Waals surface area contributed by atoms with Crippen LogP contribution in [0.25, 0.3) is 10.2 Å². The Morgan fingerprint density at radius 3 is 2.74 bits per heavy atom. The Hall–Kier alpha value is -2.31. The van der Waals surface area contributed by atoms with Gasteiger partial charge in [-0.05, 0) is 55.6 Å². The zero-order valence-electron chi connectivity index (χ0n) is 15.4. The number of fused-ring (bicyclic) bond motifs is 1. The Balaban J connectivity index is 1.39. The van der Waals surface area contributed by atoms with Gasteiger partial charge in [0.1, 0.15) is 18.1 Å². The number of para-hydroxylation sites is 1. The van der Waals surface area contributed by atoms with Gasteiger partial charge in [-0.15, -0.1) is 11.3 Å². The van der Waals surface area contributed by atoms with E-state index in [0.717, 1.165) is 41.3 Å². The number of carbonyl (C=O) groups excluding carboxylic acids is 1. The van der Waals surface area contributed by atoms with Crippen molar-refractivity contribution in [1.82, 2.24) is 14.8 Å². The van der Waals surface area contributed by atoms with Gasteiger partial charge in [0.25, 0.3) is 5.91 Å². The van der Waals surface area contributed by atoms with E-state index in [1.165, 1.54) is 12.8 Å². The molecule has 1 N–H and O–H groups in total. The van der Waals surface area contributed by atoms with Gasteiger partial charge in [-0.1, -0.05) is 18.2 Å². The van der Waals surface area contributed by atoms with Crippen LogP contribution in [0.4, 0.5) is 0 Å². The SMILES string of the molecule is O=C(NCCN1CCCC1)c1cc2sccc2n1CCOc1ccccc1. The van der Waals surface area contributed by atoms with Crippen LogP contribution in [0, 0.1) is 0 Å². The minimum Gasteiger partial charge on any atom is -0.492 e. The molecule has 142 valence electrons. The molecule has 0 aliphatic carbocycles. The molecule has 1 aliphatic rings. The number of aromatic nitrogens is 1. The first kappa shape index (κ1) is 18.1. The average molecular weight is 384 g/mol. The van der Waals surface area contributed by atoms with E-state index in [-0.39, 0.29) is 5.91 Å². The largest absolute Gasteiger partial charge is 0.492 e. The smallest absolute Gasteiger partial charge is 0.268 e. The minimum absolute atomic E-state index is 0.00249. The monoisotopic (exact) mass is 383 g/mol. The number of benzene rings is 1. The fourth-order valence-corrected chi connectivity index (χ4v) is 4.42. The van der Waals surface area contributed by atoms with Crippen molar-refractivity contribution in [3.8, 4) is 5.75 Å². The molecule has 2 aromatic heterocycles. The molecule has 1 saturated heterocycles. The molecule has 1 aliphatic heterocycles. The summed E-state index contributed by atoms with van der Waals surface area (Å²) in [6.07, 6.45) is 2.54. The number of ether oxygens (including phenoxy) is 1. The topological polar surface area (TPSA) is 46.5 Å². The van der Waals surface area contributed by atoms with E-state index in [0.29, 0.717) is 19.7 Å². The summed E-state index contributed by atoms with van der Waals surface area (Å²) in [6.45, 7) is 5.09. The molecule has 3 heterocycles. The maximum Gasteiger partial charge on any atom is 0.268 e.